The highest BCUT2D eigenvalue weighted by Gasteiger charge is 2.39. The Morgan fingerprint density at radius 2 is 1.67 bits per heavy atom. The fourth-order valence-corrected chi connectivity index (χ4v) is 2.34. The number of nitrogens with one attached hydrogen (secondary N) is 1. The van der Waals surface area contributed by atoms with Crippen molar-refractivity contribution in [1.82, 2.24) is 0 Å². The Labute approximate surface area is 121 Å². The van der Waals surface area contributed by atoms with Gasteiger partial charge in [-0.05, 0) is 36.4 Å². The van der Waals surface area contributed by atoms with Crippen LogP contribution in [0.4, 0.5) is 15.8 Å². The largest absolute Gasteiger partial charge is 0.373 e. The number of hydrogen-bond donors (Lipinski definition) is 1. The molecule has 3 rings (SSSR count). The Morgan fingerprint density at radius 3 is 2.33 bits per heavy atom. The average Bonchev–Trinajstić information content (AvgIpc) is 2.77. The molecule has 0 aliphatic carbocycles. The molecule has 21 heavy (non-hydrogen) atoms. The van der Waals surface area contributed by atoms with E-state index in [-0.39, 0.29) is 24.1 Å². The van der Waals surface area contributed by atoms with Crippen molar-refractivity contribution in [2.75, 3.05) is 10.2 Å². The van der Waals surface area contributed by atoms with Crippen LogP contribution in [0.1, 0.15) is 6.42 Å². The van der Waals surface area contributed by atoms with Crippen molar-refractivity contribution in [2.45, 2.75) is 12.5 Å². The van der Waals surface area contributed by atoms with Gasteiger partial charge in [0, 0.05) is 5.69 Å². The number of hydrogen-bond acceptors (Lipinski definition) is 3. The summed E-state index contributed by atoms with van der Waals surface area (Å²) in [5.74, 6) is -0.887. The number of para-hydroxylation sites is 1. The lowest BCUT2D eigenvalue weighted by Crippen LogP contribution is -2.34. The van der Waals surface area contributed by atoms with E-state index in [1.54, 1.807) is 24.3 Å². The van der Waals surface area contributed by atoms with Crippen molar-refractivity contribution in [3.05, 3.63) is 60.4 Å². The second kappa shape index (κ2) is 5.36. The van der Waals surface area contributed by atoms with E-state index < -0.39 is 6.04 Å². The zero-order valence-electron chi connectivity index (χ0n) is 11.1. The molecule has 0 spiro atoms. The van der Waals surface area contributed by atoms with Crippen molar-refractivity contribution in [3.63, 3.8) is 0 Å². The van der Waals surface area contributed by atoms with Gasteiger partial charge in [-0.2, -0.15) is 0 Å². The van der Waals surface area contributed by atoms with Crippen molar-refractivity contribution < 1.29 is 14.0 Å². The third-order valence-electron chi connectivity index (χ3n) is 3.35. The minimum Gasteiger partial charge on any atom is -0.373 e. The normalized spacial score (nSPS) is 18.1. The maximum atomic E-state index is 12.9. The first kappa shape index (κ1) is 13.3. The molecule has 0 unspecified atom stereocenters. The zero-order valence-corrected chi connectivity index (χ0v) is 11.1. The highest BCUT2D eigenvalue weighted by molar-refractivity contribution is 6.23. The molecule has 0 aromatic heterocycles. The van der Waals surface area contributed by atoms with Gasteiger partial charge in [0.15, 0.2) is 0 Å². The van der Waals surface area contributed by atoms with E-state index >= 15 is 0 Å². The summed E-state index contributed by atoms with van der Waals surface area (Å²) in [6.45, 7) is 0. The number of anilines is 2. The van der Waals surface area contributed by atoms with Crippen molar-refractivity contribution >= 4 is 23.2 Å². The van der Waals surface area contributed by atoms with Crippen LogP contribution in [0.25, 0.3) is 0 Å². The summed E-state index contributed by atoms with van der Waals surface area (Å²) in [4.78, 5) is 25.6. The summed E-state index contributed by atoms with van der Waals surface area (Å²) in [5.41, 5.74) is 1.17. The van der Waals surface area contributed by atoms with E-state index in [4.69, 9.17) is 0 Å². The highest BCUT2D eigenvalue weighted by Crippen LogP contribution is 2.24. The van der Waals surface area contributed by atoms with Crippen LogP contribution in [0.2, 0.25) is 0 Å². The molecule has 1 N–H and O–H groups in total. The molecule has 1 fully saturated rings. The molecule has 0 bridgehead atoms. The van der Waals surface area contributed by atoms with E-state index in [0.29, 0.717) is 11.4 Å². The first-order valence-corrected chi connectivity index (χ1v) is 6.59. The molecule has 1 atom stereocenters. The fourth-order valence-electron chi connectivity index (χ4n) is 2.34. The van der Waals surface area contributed by atoms with Gasteiger partial charge in [0.1, 0.15) is 11.9 Å². The molecule has 1 saturated heterocycles. The molecule has 2 amide bonds. The van der Waals surface area contributed by atoms with Crippen molar-refractivity contribution in [1.29, 1.82) is 0 Å². The lowest BCUT2D eigenvalue weighted by molar-refractivity contribution is -0.121. The number of amides is 2. The quantitative estimate of drug-likeness (QED) is 0.881. The second-order valence-electron chi connectivity index (χ2n) is 4.81. The Bertz CT molecular complexity index is 670. The molecule has 1 aliphatic rings. The first-order chi connectivity index (χ1) is 10.1. The summed E-state index contributed by atoms with van der Waals surface area (Å²) in [6, 6.07) is 13.9. The van der Waals surface area contributed by atoms with E-state index in [0.717, 1.165) is 0 Å². The molecule has 106 valence electrons. The van der Waals surface area contributed by atoms with Gasteiger partial charge >= 0.3 is 0 Å². The van der Waals surface area contributed by atoms with Crippen LogP contribution in [0, 0.1) is 5.82 Å². The molecular weight excluding hydrogens is 271 g/mol. The van der Waals surface area contributed by atoms with Gasteiger partial charge < -0.3 is 5.32 Å². The standard InChI is InChI=1S/C16H13FN2O2/c17-11-6-8-12(9-7-11)18-14-10-15(20)19(16(14)21)13-4-2-1-3-5-13/h1-9,14,18H,10H2/t14-/m0/s1. The predicted molar refractivity (Wildman–Crippen MR) is 77.4 cm³/mol. The molecular formula is C16H13FN2O2. The van der Waals surface area contributed by atoms with Gasteiger partial charge in [-0.1, -0.05) is 18.2 Å². The number of halogens is 1. The summed E-state index contributed by atoms with van der Waals surface area (Å²) in [5, 5.41) is 2.97. The summed E-state index contributed by atoms with van der Waals surface area (Å²) in [7, 11) is 0. The molecule has 1 heterocycles. The minimum atomic E-state index is -0.622. The smallest absolute Gasteiger partial charge is 0.256 e. The van der Waals surface area contributed by atoms with Crippen LogP contribution in [0.3, 0.4) is 0 Å². The SMILES string of the molecule is O=C1C[C@H](Nc2ccc(F)cc2)C(=O)N1c1ccccc1. The number of rotatable bonds is 3. The van der Waals surface area contributed by atoms with E-state index in [1.807, 2.05) is 6.07 Å². The van der Waals surface area contributed by atoms with Gasteiger partial charge in [-0.3, -0.25) is 9.59 Å². The van der Waals surface area contributed by atoms with Crippen LogP contribution in [0.5, 0.6) is 0 Å². The zero-order chi connectivity index (χ0) is 14.8. The number of carbonyl (C=O) groups excluding carboxylic acids is 2. The minimum absolute atomic E-state index is 0.0884. The average molecular weight is 284 g/mol. The fraction of sp³-hybridized carbons (Fsp3) is 0.125. The maximum Gasteiger partial charge on any atom is 0.256 e. The molecule has 0 radical (unpaired) electrons. The third-order valence-corrected chi connectivity index (χ3v) is 3.35. The van der Waals surface area contributed by atoms with Gasteiger partial charge in [0.2, 0.25) is 5.91 Å². The molecule has 1 aliphatic heterocycles. The van der Waals surface area contributed by atoms with Crippen molar-refractivity contribution in [2.24, 2.45) is 0 Å². The Morgan fingerprint density at radius 1 is 1.00 bits per heavy atom. The first-order valence-electron chi connectivity index (χ1n) is 6.59. The molecule has 5 heteroatoms. The Kier molecular flexibility index (Phi) is 3.39. The second-order valence-corrected chi connectivity index (χ2v) is 4.81. The lowest BCUT2D eigenvalue weighted by Gasteiger charge is -2.16. The van der Waals surface area contributed by atoms with Gasteiger partial charge in [0.25, 0.3) is 5.91 Å². The summed E-state index contributed by atoms with van der Waals surface area (Å²) >= 11 is 0. The number of imide groups is 1. The van der Waals surface area contributed by atoms with Crippen LogP contribution in [-0.4, -0.2) is 17.9 Å². The maximum absolute atomic E-state index is 12.9. The van der Waals surface area contributed by atoms with Gasteiger partial charge in [0.05, 0.1) is 12.1 Å². The van der Waals surface area contributed by atoms with Gasteiger partial charge in [-0.25, -0.2) is 9.29 Å². The molecule has 0 saturated carbocycles. The summed E-state index contributed by atoms with van der Waals surface area (Å²) < 4.78 is 12.9. The topological polar surface area (TPSA) is 49.4 Å². The van der Waals surface area contributed by atoms with Crippen LogP contribution in [-0.2, 0) is 9.59 Å². The molecule has 2 aromatic rings. The lowest BCUT2D eigenvalue weighted by atomic mass is 10.2. The summed E-state index contributed by atoms with van der Waals surface area (Å²) in [6.07, 6.45) is 0.0884. The van der Waals surface area contributed by atoms with Crippen LogP contribution in [0.15, 0.2) is 54.6 Å². The van der Waals surface area contributed by atoms with Crippen molar-refractivity contribution in [3.8, 4) is 0 Å². The monoisotopic (exact) mass is 284 g/mol. The van der Waals surface area contributed by atoms with Gasteiger partial charge in [-0.15, -0.1) is 0 Å². The number of benzene rings is 2. The van der Waals surface area contributed by atoms with Crippen LogP contribution < -0.4 is 10.2 Å². The van der Waals surface area contributed by atoms with Crippen LogP contribution >= 0.6 is 0 Å². The number of nitrogens with zero attached hydrogens (tertiary/aromatic N) is 1. The molecule has 4 nitrogen and oxygen atoms in total. The van der Waals surface area contributed by atoms with E-state index in [2.05, 4.69) is 5.32 Å². The Hall–Kier alpha value is -2.69. The highest BCUT2D eigenvalue weighted by atomic mass is 19.1. The Balaban J connectivity index is 1.79. The third kappa shape index (κ3) is 2.63. The van der Waals surface area contributed by atoms with E-state index in [1.165, 1.54) is 29.2 Å². The number of carbonyl (C=O) groups is 2. The van der Waals surface area contributed by atoms with E-state index in [9.17, 15) is 14.0 Å². The molecule has 2 aromatic carbocycles. The predicted octanol–water partition coefficient (Wildman–Crippen LogP) is 2.57.